The molecule has 21 heavy (non-hydrogen) atoms. The van der Waals surface area contributed by atoms with Gasteiger partial charge in [0.15, 0.2) is 5.76 Å². The third-order valence-corrected chi connectivity index (χ3v) is 4.08. The molecule has 0 saturated heterocycles. The summed E-state index contributed by atoms with van der Waals surface area (Å²) in [6.07, 6.45) is 5.54. The van der Waals surface area contributed by atoms with E-state index < -0.39 is 5.43 Å². The number of hydrogen-bond acceptors (Lipinski definition) is 4. The molecule has 0 bridgehead atoms. The van der Waals surface area contributed by atoms with E-state index in [1.807, 2.05) is 0 Å². The molecule has 1 heterocycles. The zero-order chi connectivity index (χ0) is 14.8. The normalized spacial score (nSPS) is 16.0. The van der Waals surface area contributed by atoms with E-state index >= 15 is 0 Å². The van der Waals surface area contributed by atoms with Gasteiger partial charge >= 0.3 is 0 Å². The van der Waals surface area contributed by atoms with Crippen LogP contribution in [0.5, 0.6) is 11.5 Å². The molecule has 1 aliphatic rings. The van der Waals surface area contributed by atoms with Crippen LogP contribution in [0.1, 0.15) is 43.8 Å². The summed E-state index contributed by atoms with van der Waals surface area (Å²) in [4.78, 5) is 12.0. The van der Waals surface area contributed by atoms with Gasteiger partial charge in [-0.1, -0.05) is 19.3 Å². The Morgan fingerprint density at radius 3 is 2.33 bits per heavy atom. The van der Waals surface area contributed by atoms with Gasteiger partial charge < -0.3 is 14.6 Å². The SMILES string of the molecule is O=c1cc(C2CCCCC2)oc(-c2ccc(O)cc2)c1O. The van der Waals surface area contributed by atoms with Crippen LogP contribution in [0.4, 0.5) is 0 Å². The van der Waals surface area contributed by atoms with Crippen LogP contribution in [0.3, 0.4) is 0 Å². The van der Waals surface area contributed by atoms with Gasteiger partial charge in [-0.15, -0.1) is 0 Å². The first-order chi connectivity index (χ1) is 10.1. The molecule has 0 unspecified atom stereocenters. The molecule has 0 radical (unpaired) electrons. The van der Waals surface area contributed by atoms with E-state index in [1.54, 1.807) is 12.1 Å². The minimum absolute atomic E-state index is 0.129. The van der Waals surface area contributed by atoms with Gasteiger partial charge in [-0.2, -0.15) is 0 Å². The number of phenols is 1. The van der Waals surface area contributed by atoms with Crippen molar-refractivity contribution < 1.29 is 14.6 Å². The van der Waals surface area contributed by atoms with Crippen molar-refractivity contribution >= 4 is 0 Å². The van der Waals surface area contributed by atoms with Gasteiger partial charge in [0, 0.05) is 17.5 Å². The lowest BCUT2D eigenvalue weighted by Gasteiger charge is -2.21. The maximum Gasteiger partial charge on any atom is 0.227 e. The monoisotopic (exact) mass is 286 g/mol. The second-order valence-electron chi connectivity index (χ2n) is 5.57. The van der Waals surface area contributed by atoms with E-state index in [1.165, 1.54) is 24.6 Å². The average molecular weight is 286 g/mol. The second-order valence-corrected chi connectivity index (χ2v) is 5.57. The molecule has 0 atom stereocenters. The number of benzene rings is 1. The summed E-state index contributed by atoms with van der Waals surface area (Å²) in [6.45, 7) is 0. The van der Waals surface area contributed by atoms with Crippen LogP contribution in [0.15, 0.2) is 39.5 Å². The fourth-order valence-electron chi connectivity index (χ4n) is 2.90. The molecule has 1 saturated carbocycles. The van der Waals surface area contributed by atoms with Gasteiger partial charge in [0.05, 0.1) is 0 Å². The Balaban J connectivity index is 2.05. The van der Waals surface area contributed by atoms with Gasteiger partial charge in [-0.05, 0) is 37.1 Å². The first kappa shape index (κ1) is 13.7. The van der Waals surface area contributed by atoms with Gasteiger partial charge in [-0.25, -0.2) is 0 Å². The maximum absolute atomic E-state index is 12.0. The zero-order valence-electron chi connectivity index (χ0n) is 11.7. The summed E-state index contributed by atoms with van der Waals surface area (Å²) in [5.74, 6) is 0.843. The van der Waals surface area contributed by atoms with Gasteiger partial charge in [0.2, 0.25) is 11.2 Å². The summed E-state index contributed by atoms with van der Waals surface area (Å²) in [5, 5.41) is 19.3. The lowest BCUT2D eigenvalue weighted by molar-refractivity contribution is 0.358. The topological polar surface area (TPSA) is 70.7 Å². The second kappa shape index (κ2) is 5.64. The molecule has 4 nitrogen and oxygen atoms in total. The largest absolute Gasteiger partial charge is 0.508 e. The fraction of sp³-hybridized carbons (Fsp3) is 0.353. The first-order valence-corrected chi connectivity index (χ1v) is 7.31. The van der Waals surface area contributed by atoms with Crippen molar-refractivity contribution in [1.29, 1.82) is 0 Å². The van der Waals surface area contributed by atoms with Crippen molar-refractivity contribution in [2.45, 2.75) is 38.0 Å². The van der Waals surface area contributed by atoms with Crippen LogP contribution >= 0.6 is 0 Å². The van der Waals surface area contributed by atoms with Crippen LogP contribution in [-0.2, 0) is 0 Å². The van der Waals surface area contributed by atoms with E-state index in [4.69, 9.17) is 4.42 Å². The van der Waals surface area contributed by atoms with E-state index in [-0.39, 0.29) is 23.2 Å². The third kappa shape index (κ3) is 2.79. The molecule has 0 aliphatic heterocycles. The number of aromatic hydroxyl groups is 2. The first-order valence-electron chi connectivity index (χ1n) is 7.31. The Labute approximate surface area is 122 Å². The molecule has 0 spiro atoms. The van der Waals surface area contributed by atoms with E-state index in [9.17, 15) is 15.0 Å². The fourth-order valence-corrected chi connectivity index (χ4v) is 2.90. The van der Waals surface area contributed by atoms with Crippen molar-refractivity contribution in [3.8, 4) is 22.8 Å². The maximum atomic E-state index is 12.0. The predicted molar refractivity (Wildman–Crippen MR) is 79.6 cm³/mol. The van der Waals surface area contributed by atoms with Crippen LogP contribution < -0.4 is 5.43 Å². The molecule has 1 aliphatic carbocycles. The summed E-state index contributed by atoms with van der Waals surface area (Å²) in [6, 6.07) is 7.66. The molecular formula is C17H18O4. The Morgan fingerprint density at radius 1 is 1.00 bits per heavy atom. The van der Waals surface area contributed by atoms with Gasteiger partial charge in [0.25, 0.3) is 0 Å². The molecule has 1 fully saturated rings. The molecule has 4 heteroatoms. The van der Waals surface area contributed by atoms with Gasteiger partial charge in [0.1, 0.15) is 11.5 Å². The summed E-state index contributed by atoms with van der Waals surface area (Å²) in [5.41, 5.74) is 0.171. The van der Waals surface area contributed by atoms with Crippen molar-refractivity contribution in [2.75, 3.05) is 0 Å². The van der Waals surface area contributed by atoms with E-state index in [0.717, 1.165) is 25.7 Å². The van der Waals surface area contributed by atoms with Crippen molar-refractivity contribution in [2.24, 2.45) is 0 Å². The smallest absolute Gasteiger partial charge is 0.227 e. The summed E-state index contributed by atoms with van der Waals surface area (Å²) < 4.78 is 5.82. The quantitative estimate of drug-likeness (QED) is 0.881. The number of rotatable bonds is 2. The summed E-state index contributed by atoms with van der Waals surface area (Å²) in [7, 11) is 0. The Kier molecular flexibility index (Phi) is 3.69. The van der Waals surface area contributed by atoms with Crippen LogP contribution in [0, 0.1) is 0 Å². The predicted octanol–water partition coefficient (Wildman–Crippen LogP) is 3.77. The average Bonchev–Trinajstić information content (AvgIpc) is 2.52. The highest BCUT2D eigenvalue weighted by Gasteiger charge is 2.21. The number of hydrogen-bond donors (Lipinski definition) is 2. The highest BCUT2D eigenvalue weighted by molar-refractivity contribution is 5.64. The summed E-state index contributed by atoms with van der Waals surface area (Å²) >= 11 is 0. The molecule has 110 valence electrons. The van der Waals surface area contributed by atoms with Crippen molar-refractivity contribution in [3.63, 3.8) is 0 Å². The van der Waals surface area contributed by atoms with Gasteiger partial charge in [-0.3, -0.25) is 4.79 Å². The Morgan fingerprint density at radius 2 is 1.67 bits per heavy atom. The van der Waals surface area contributed by atoms with Crippen LogP contribution in [0.2, 0.25) is 0 Å². The zero-order valence-corrected chi connectivity index (χ0v) is 11.7. The third-order valence-electron chi connectivity index (χ3n) is 4.08. The molecule has 0 amide bonds. The van der Waals surface area contributed by atoms with E-state index in [0.29, 0.717) is 11.3 Å². The molecule has 1 aromatic carbocycles. The minimum Gasteiger partial charge on any atom is -0.508 e. The standard InChI is InChI=1S/C17H18O4/c18-13-8-6-12(7-9-13)17-16(20)14(19)10-15(21-17)11-4-2-1-3-5-11/h6-11,18,20H,1-5H2. The Hall–Kier alpha value is -2.23. The molecule has 3 rings (SSSR count). The van der Waals surface area contributed by atoms with E-state index in [2.05, 4.69) is 0 Å². The van der Waals surface area contributed by atoms with Crippen molar-refractivity contribution in [3.05, 3.63) is 46.3 Å². The molecule has 1 aromatic heterocycles. The lowest BCUT2D eigenvalue weighted by Crippen LogP contribution is -2.09. The van der Waals surface area contributed by atoms with Crippen molar-refractivity contribution in [1.82, 2.24) is 0 Å². The van der Waals surface area contributed by atoms with Crippen LogP contribution in [-0.4, -0.2) is 10.2 Å². The highest BCUT2D eigenvalue weighted by atomic mass is 16.4. The minimum atomic E-state index is -0.412. The lowest BCUT2D eigenvalue weighted by atomic mass is 9.87. The van der Waals surface area contributed by atoms with Crippen LogP contribution in [0.25, 0.3) is 11.3 Å². The molecule has 2 N–H and O–H groups in total. The molecule has 2 aromatic rings. The highest BCUT2D eigenvalue weighted by Crippen LogP contribution is 2.36. The number of phenolic OH excluding ortho intramolecular Hbond substituents is 1. The molecular weight excluding hydrogens is 268 g/mol. The Bertz CT molecular complexity index is 679.